The summed E-state index contributed by atoms with van der Waals surface area (Å²) in [6.07, 6.45) is 10.4. The number of carbonyl (C=O) groups excluding carboxylic acids is 1. The Morgan fingerprint density at radius 2 is 1.86 bits per heavy atom. The Morgan fingerprint density at radius 3 is 2.57 bits per heavy atom. The van der Waals surface area contributed by atoms with Crippen molar-refractivity contribution in [2.24, 2.45) is 0 Å². The van der Waals surface area contributed by atoms with E-state index in [4.69, 9.17) is 0 Å². The summed E-state index contributed by atoms with van der Waals surface area (Å²) in [6.45, 7) is 1.79. The minimum absolute atomic E-state index is 0.593. The van der Waals surface area contributed by atoms with Crippen molar-refractivity contribution < 1.29 is 4.79 Å². The van der Waals surface area contributed by atoms with E-state index in [0.717, 1.165) is 19.1 Å². The molecule has 0 aliphatic carbocycles. The number of aldehydes is 1. The fourth-order valence-electron chi connectivity index (χ4n) is 0.709. The Labute approximate surface area is 85.9 Å². The molecule has 0 rings (SSSR count). The number of allylic oxidation sites excluding steroid dienone is 4. The van der Waals surface area contributed by atoms with Gasteiger partial charge in [-0.25, -0.2) is 0 Å². The molecule has 0 atom stereocenters. The molecule has 14 heavy (non-hydrogen) atoms. The van der Waals surface area contributed by atoms with Crippen LogP contribution in [0.4, 0.5) is 0 Å². The Kier molecular flexibility index (Phi) is 9.88. The van der Waals surface area contributed by atoms with Gasteiger partial charge >= 0.3 is 0 Å². The molecule has 1 heteroatoms. The van der Waals surface area contributed by atoms with Crippen molar-refractivity contribution in [3.8, 4) is 23.7 Å². The van der Waals surface area contributed by atoms with E-state index in [2.05, 4.69) is 23.7 Å². The van der Waals surface area contributed by atoms with E-state index < -0.39 is 0 Å². The summed E-state index contributed by atoms with van der Waals surface area (Å²) in [6, 6.07) is 0. The number of hydrogen-bond acceptors (Lipinski definition) is 1. The van der Waals surface area contributed by atoms with Crippen LogP contribution in [0.25, 0.3) is 0 Å². The van der Waals surface area contributed by atoms with Crippen molar-refractivity contribution in [3.63, 3.8) is 0 Å². The van der Waals surface area contributed by atoms with Gasteiger partial charge in [0.2, 0.25) is 0 Å². The largest absolute Gasteiger partial charge is 0.303 e. The van der Waals surface area contributed by atoms with E-state index in [1.54, 1.807) is 19.1 Å². The van der Waals surface area contributed by atoms with Gasteiger partial charge in [0.1, 0.15) is 6.29 Å². The fourth-order valence-corrected chi connectivity index (χ4v) is 0.709. The van der Waals surface area contributed by atoms with Gasteiger partial charge in [-0.1, -0.05) is 29.9 Å². The Balaban J connectivity index is 3.54. The van der Waals surface area contributed by atoms with Gasteiger partial charge in [-0.05, 0) is 25.5 Å². The van der Waals surface area contributed by atoms with Crippen molar-refractivity contribution in [1.82, 2.24) is 0 Å². The molecule has 0 unspecified atom stereocenters. The molecule has 0 spiro atoms. The summed E-state index contributed by atoms with van der Waals surface area (Å²) in [4.78, 5) is 9.96. The van der Waals surface area contributed by atoms with Crippen LogP contribution in [0.3, 0.4) is 0 Å². The van der Waals surface area contributed by atoms with Crippen molar-refractivity contribution in [2.45, 2.75) is 26.2 Å². The lowest BCUT2D eigenvalue weighted by Crippen LogP contribution is -1.69. The number of carbonyl (C=O) groups is 1. The van der Waals surface area contributed by atoms with E-state index in [0.29, 0.717) is 6.42 Å². The third kappa shape index (κ3) is 10.3. The van der Waals surface area contributed by atoms with Crippen LogP contribution in [-0.2, 0) is 4.79 Å². The first-order valence-corrected chi connectivity index (χ1v) is 4.56. The minimum Gasteiger partial charge on any atom is -0.303 e. The highest BCUT2D eigenvalue weighted by molar-refractivity contribution is 5.49. The van der Waals surface area contributed by atoms with E-state index in [-0.39, 0.29) is 0 Å². The molecule has 0 amide bonds. The van der Waals surface area contributed by atoms with Gasteiger partial charge in [0.25, 0.3) is 0 Å². The van der Waals surface area contributed by atoms with Crippen LogP contribution >= 0.6 is 0 Å². The molecular weight excluding hydrogens is 172 g/mol. The van der Waals surface area contributed by atoms with E-state index >= 15 is 0 Å². The van der Waals surface area contributed by atoms with Gasteiger partial charge in [0.05, 0.1) is 0 Å². The molecule has 0 saturated carbocycles. The summed E-state index contributed by atoms with van der Waals surface area (Å²) in [5.41, 5.74) is 0. The zero-order chi connectivity index (χ0) is 10.5. The fraction of sp³-hybridized carbons (Fsp3) is 0.308. The smallest absolute Gasteiger partial charge is 0.120 e. The number of rotatable bonds is 4. The Bertz CT molecular complexity index is 313. The zero-order valence-corrected chi connectivity index (χ0v) is 8.42. The van der Waals surface area contributed by atoms with Crippen LogP contribution < -0.4 is 0 Å². The highest BCUT2D eigenvalue weighted by atomic mass is 16.1. The molecule has 1 nitrogen and oxygen atoms in total. The summed E-state index contributed by atoms with van der Waals surface area (Å²) < 4.78 is 0. The molecule has 0 N–H and O–H groups in total. The van der Waals surface area contributed by atoms with Crippen LogP contribution in [-0.4, -0.2) is 6.29 Å². The Morgan fingerprint density at radius 1 is 1.07 bits per heavy atom. The summed E-state index contributed by atoms with van der Waals surface area (Å²) in [5.74, 6) is 11.3. The maximum atomic E-state index is 9.96. The molecule has 0 heterocycles. The molecule has 0 aliphatic heterocycles. The first-order chi connectivity index (χ1) is 6.91. The molecule has 0 saturated heterocycles. The first-order valence-electron chi connectivity index (χ1n) is 4.56. The van der Waals surface area contributed by atoms with Gasteiger partial charge in [-0.2, -0.15) is 0 Å². The summed E-state index contributed by atoms with van der Waals surface area (Å²) >= 11 is 0. The molecule has 0 bridgehead atoms. The molecule has 0 aliphatic rings. The van der Waals surface area contributed by atoms with Crippen LogP contribution in [0, 0.1) is 23.7 Å². The predicted octanol–water partition coefficient (Wildman–Crippen LogP) is 2.49. The lowest BCUT2D eigenvalue weighted by atomic mass is 10.3. The van der Waals surface area contributed by atoms with Crippen molar-refractivity contribution in [1.29, 1.82) is 0 Å². The number of unbranched alkanes of at least 4 members (excludes halogenated alkanes) is 1. The number of hydrogen-bond donors (Lipinski definition) is 0. The van der Waals surface area contributed by atoms with E-state index in [1.165, 1.54) is 0 Å². The quantitative estimate of drug-likeness (QED) is 0.285. The second-order valence-corrected chi connectivity index (χ2v) is 2.47. The molecule has 0 radical (unpaired) electrons. The van der Waals surface area contributed by atoms with Crippen molar-refractivity contribution in [3.05, 3.63) is 24.3 Å². The highest BCUT2D eigenvalue weighted by Gasteiger charge is 1.75. The normalized spacial score (nSPS) is 9.21. The SMILES string of the molecule is CC#CC=CC#CCC=CCCC=O. The first kappa shape index (κ1) is 12.3. The minimum atomic E-state index is 0.593. The van der Waals surface area contributed by atoms with Gasteiger partial charge in [0, 0.05) is 12.8 Å². The van der Waals surface area contributed by atoms with Crippen LogP contribution in [0.5, 0.6) is 0 Å². The lowest BCUT2D eigenvalue weighted by Gasteiger charge is -1.80. The average molecular weight is 186 g/mol. The second kappa shape index (κ2) is 11.3. The predicted molar refractivity (Wildman–Crippen MR) is 59.4 cm³/mol. The molecule has 0 fully saturated rings. The lowest BCUT2D eigenvalue weighted by molar-refractivity contribution is -0.107. The van der Waals surface area contributed by atoms with Gasteiger partial charge < -0.3 is 4.79 Å². The average Bonchev–Trinajstić information content (AvgIpc) is 2.21. The van der Waals surface area contributed by atoms with Crippen LogP contribution in [0.1, 0.15) is 26.2 Å². The van der Waals surface area contributed by atoms with Crippen LogP contribution in [0.15, 0.2) is 24.3 Å². The molecular formula is C13H14O. The van der Waals surface area contributed by atoms with Gasteiger partial charge in [0.15, 0.2) is 0 Å². The van der Waals surface area contributed by atoms with Crippen molar-refractivity contribution >= 4 is 6.29 Å². The van der Waals surface area contributed by atoms with Crippen molar-refractivity contribution in [2.75, 3.05) is 0 Å². The molecule has 72 valence electrons. The standard InChI is InChI=1S/C13H14O/c1-2-3-4-5-6-7-8-9-10-11-12-13-14/h4-5,9-10,13H,8,11-12H2,1H3. The molecule has 0 aromatic rings. The molecule has 0 aromatic carbocycles. The maximum Gasteiger partial charge on any atom is 0.120 e. The summed E-state index contributed by atoms with van der Waals surface area (Å²) in [5, 5.41) is 0. The zero-order valence-electron chi connectivity index (χ0n) is 8.42. The third-order valence-electron chi connectivity index (χ3n) is 1.33. The maximum absolute atomic E-state index is 9.96. The van der Waals surface area contributed by atoms with E-state index in [9.17, 15) is 4.79 Å². The van der Waals surface area contributed by atoms with Crippen LogP contribution in [0.2, 0.25) is 0 Å². The Hall–Kier alpha value is -1.73. The van der Waals surface area contributed by atoms with Gasteiger partial charge in [-0.3, -0.25) is 0 Å². The topological polar surface area (TPSA) is 17.1 Å². The summed E-state index contributed by atoms with van der Waals surface area (Å²) in [7, 11) is 0. The monoisotopic (exact) mass is 186 g/mol. The molecule has 0 aromatic heterocycles. The second-order valence-electron chi connectivity index (χ2n) is 2.47. The van der Waals surface area contributed by atoms with Gasteiger partial charge in [-0.15, -0.1) is 5.92 Å². The van der Waals surface area contributed by atoms with E-state index in [1.807, 2.05) is 12.2 Å². The third-order valence-corrected chi connectivity index (χ3v) is 1.33. The highest BCUT2D eigenvalue weighted by Crippen LogP contribution is 1.88.